The lowest BCUT2D eigenvalue weighted by Crippen LogP contribution is -2.52. The van der Waals surface area contributed by atoms with Gasteiger partial charge in [0.1, 0.15) is 5.84 Å². The molecule has 24 heavy (non-hydrogen) atoms. The second kappa shape index (κ2) is 6.97. The van der Waals surface area contributed by atoms with Gasteiger partial charge in [0, 0.05) is 19.0 Å². The number of amides is 2. The zero-order valence-electron chi connectivity index (χ0n) is 12.2. The second-order valence-electron chi connectivity index (χ2n) is 5.11. The largest absolute Gasteiger partial charge is 0.418 e. The molecule has 2 bridgehead atoms. The predicted octanol–water partition coefficient (Wildman–Crippen LogP) is -1.37. The van der Waals surface area contributed by atoms with Crippen molar-refractivity contribution in [3.8, 4) is 0 Å². The summed E-state index contributed by atoms with van der Waals surface area (Å²) in [5.41, 5.74) is 0. The minimum atomic E-state index is -4.87. The average Bonchev–Trinajstić information content (AvgIpc) is 2.68. The van der Waals surface area contributed by atoms with Crippen molar-refractivity contribution in [3.63, 3.8) is 0 Å². The molecule has 0 saturated carbocycles. The van der Waals surface area contributed by atoms with E-state index in [-0.39, 0.29) is 31.8 Å². The number of amidine groups is 1. The van der Waals surface area contributed by atoms with Gasteiger partial charge in [0.25, 0.3) is 10.2 Å². The van der Waals surface area contributed by atoms with Gasteiger partial charge in [-0.05, 0) is 12.8 Å². The number of urea groups is 1. The van der Waals surface area contributed by atoms with Gasteiger partial charge in [-0.2, -0.15) is 26.6 Å². The number of hydroxylamine groups is 2. The van der Waals surface area contributed by atoms with Gasteiger partial charge in [-0.25, -0.2) is 4.79 Å². The van der Waals surface area contributed by atoms with E-state index in [1.807, 2.05) is 4.72 Å². The first kappa shape index (κ1) is 19.1. The fraction of sp³-hybridized carbons (Fsp3) is 0.778. The summed E-state index contributed by atoms with van der Waals surface area (Å²) in [6, 6.07) is -2.39. The van der Waals surface area contributed by atoms with E-state index in [1.54, 1.807) is 0 Å². The first-order valence-corrected chi connectivity index (χ1v) is 10.1. The highest BCUT2D eigenvalue weighted by Crippen LogP contribution is 2.30. The number of carbonyl (C=O) groups excluding carboxylic acids is 1. The highest BCUT2D eigenvalue weighted by molar-refractivity contribution is 7.88. The van der Waals surface area contributed by atoms with E-state index in [4.69, 9.17) is 21.6 Å². The summed E-state index contributed by atoms with van der Waals surface area (Å²) >= 11 is 5.38. The van der Waals surface area contributed by atoms with E-state index in [0.717, 1.165) is 4.90 Å². The van der Waals surface area contributed by atoms with Crippen LogP contribution in [0.15, 0.2) is 0 Å². The maximum Gasteiger partial charge on any atom is 0.418 e. The zero-order chi connectivity index (χ0) is 18.1. The number of alkyl halides is 1. The Morgan fingerprint density at radius 1 is 1.38 bits per heavy atom. The number of halogens is 1. The molecule has 0 aromatic heterocycles. The summed E-state index contributed by atoms with van der Waals surface area (Å²) in [7, 11) is -8.86. The Kier molecular flexibility index (Phi) is 5.56. The molecule has 0 aliphatic carbocycles. The molecule has 2 aliphatic rings. The third-order valence-corrected chi connectivity index (χ3v) is 5.07. The molecule has 0 radical (unpaired) electrons. The fourth-order valence-electron chi connectivity index (χ4n) is 2.55. The molecule has 2 aliphatic heterocycles. The number of carbonyl (C=O) groups is 1. The van der Waals surface area contributed by atoms with Crippen molar-refractivity contribution in [1.29, 1.82) is 5.41 Å². The monoisotopic (exact) mass is 405 g/mol. The van der Waals surface area contributed by atoms with Crippen molar-refractivity contribution >= 4 is 44.1 Å². The van der Waals surface area contributed by atoms with Crippen LogP contribution >= 0.6 is 11.6 Å². The minimum Gasteiger partial charge on any atom is -0.310 e. The third-order valence-electron chi connectivity index (χ3n) is 3.46. The number of nitrogens with zero attached hydrogens (tertiary/aromatic N) is 2. The van der Waals surface area contributed by atoms with E-state index in [2.05, 4.69) is 9.01 Å². The molecule has 2 unspecified atom stereocenters. The minimum absolute atomic E-state index is 0.0322. The topological polar surface area (TPSA) is 169 Å². The summed E-state index contributed by atoms with van der Waals surface area (Å²) in [4.78, 5) is 13.3. The molecule has 2 heterocycles. The zero-order valence-corrected chi connectivity index (χ0v) is 14.6. The SMILES string of the molecule is N=C(NS(=O)(=O)NCCCl)C1CCC2CN1C(=O)N2OS(=O)(=O)O. The molecular weight excluding hydrogens is 390 g/mol. The molecule has 15 heteroatoms. The van der Waals surface area contributed by atoms with Gasteiger partial charge in [0.2, 0.25) is 0 Å². The lowest BCUT2D eigenvalue weighted by Gasteiger charge is -2.30. The summed E-state index contributed by atoms with van der Waals surface area (Å²) in [5, 5.41) is 8.39. The van der Waals surface area contributed by atoms with Crippen LogP contribution in [0.25, 0.3) is 0 Å². The highest BCUT2D eigenvalue weighted by Gasteiger charge is 2.48. The van der Waals surface area contributed by atoms with E-state index in [0.29, 0.717) is 5.06 Å². The van der Waals surface area contributed by atoms with Crippen LogP contribution in [-0.2, 0) is 24.9 Å². The van der Waals surface area contributed by atoms with Crippen molar-refractivity contribution in [2.24, 2.45) is 0 Å². The van der Waals surface area contributed by atoms with Crippen molar-refractivity contribution in [2.75, 3.05) is 19.0 Å². The maximum absolute atomic E-state index is 12.2. The molecule has 2 rings (SSSR count). The van der Waals surface area contributed by atoms with Gasteiger partial charge >= 0.3 is 16.4 Å². The number of hydrogen-bond donors (Lipinski definition) is 4. The lowest BCUT2D eigenvalue weighted by molar-refractivity contribution is -0.0316. The van der Waals surface area contributed by atoms with Crippen molar-refractivity contribution in [1.82, 2.24) is 19.4 Å². The van der Waals surface area contributed by atoms with Crippen LogP contribution in [0.5, 0.6) is 0 Å². The van der Waals surface area contributed by atoms with Gasteiger partial charge in [-0.1, -0.05) is 0 Å². The van der Waals surface area contributed by atoms with Gasteiger partial charge < -0.3 is 4.90 Å². The molecule has 0 aromatic carbocycles. The highest BCUT2D eigenvalue weighted by atomic mass is 35.5. The number of rotatable bonds is 7. The smallest absolute Gasteiger partial charge is 0.310 e. The molecule has 2 atom stereocenters. The quantitative estimate of drug-likeness (QED) is 0.175. The molecule has 138 valence electrons. The normalized spacial score (nSPS) is 24.3. The number of nitrogens with one attached hydrogen (secondary N) is 3. The lowest BCUT2D eigenvalue weighted by atomic mass is 10.0. The Labute approximate surface area is 143 Å². The summed E-state index contributed by atoms with van der Waals surface area (Å²) in [6.45, 7) is 0.00771. The number of piperidine rings is 1. The van der Waals surface area contributed by atoms with Crippen molar-refractivity contribution in [2.45, 2.75) is 24.9 Å². The van der Waals surface area contributed by atoms with Crippen molar-refractivity contribution < 1.29 is 30.5 Å². The Balaban J connectivity index is 2.07. The second-order valence-corrected chi connectivity index (χ2v) is 7.99. The molecule has 0 spiro atoms. The summed E-state index contributed by atoms with van der Waals surface area (Å²) in [5.74, 6) is -0.399. The van der Waals surface area contributed by atoms with Gasteiger partial charge in [-0.15, -0.1) is 15.9 Å². The molecule has 0 aromatic rings. The van der Waals surface area contributed by atoms with Gasteiger partial charge in [0.05, 0.1) is 12.1 Å². The Hall–Kier alpha value is -1.19. The van der Waals surface area contributed by atoms with Crippen LogP contribution in [0.4, 0.5) is 4.79 Å². The Morgan fingerprint density at radius 2 is 2.04 bits per heavy atom. The summed E-state index contributed by atoms with van der Waals surface area (Å²) < 4.78 is 62.1. The molecule has 4 N–H and O–H groups in total. The first-order valence-electron chi connectivity index (χ1n) is 6.72. The van der Waals surface area contributed by atoms with E-state index < -0.39 is 44.6 Å². The molecule has 12 nitrogen and oxygen atoms in total. The summed E-state index contributed by atoms with van der Waals surface area (Å²) in [6.07, 6.45) is 0.486. The van der Waals surface area contributed by atoms with Crippen LogP contribution in [0.1, 0.15) is 12.8 Å². The van der Waals surface area contributed by atoms with Crippen LogP contribution < -0.4 is 9.44 Å². The maximum atomic E-state index is 12.2. The molecule has 2 saturated heterocycles. The molecule has 2 amide bonds. The van der Waals surface area contributed by atoms with Crippen molar-refractivity contribution in [3.05, 3.63) is 0 Å². The van der Waals surface area contributed by atoms with E-state index in [9.17, 15) is 21.6 Å². The van der Waals surface area contributed by atoms with E-state index in [1.165, 1.54) is 0 Å². The van der Waals surface area contributed by atoms with Crippen LogP contribution in [0.2, 0.25) is 0 Å². The first-order chi connectivity index (χ1) is 11.0. The van der Waals surface area contributed by atoms with Crippen LogP contribution in [0.3, 0.4) is 0 Å². The fourth-order valence-corrected chi connectivity index (χ4v) is 4.02. The van der Waals surface area contributed by atoms with Crippen LogP contribution in [0, 0.1) is 5.41 Å². The number of fused-ring (bicyclic) bond motifs is 2. The standard InChI is InChI=1S/C9H16ClN5O7S2/c10-3-4-12-23(17,18)13-8(11)7-2-1-6-5-14(7)9(16)15(6)22-24(19,20)21/h6-7,12H,1-5H2,(H2,11,13)(H,19,20,21). The predicted molar refractivity (Wildman–Crippen MR) is 81.9 cm³/mol. The van der Waals surface area contributed by atoms with Crippen LogP contribution in [-0.4, -0.2) is 74.3 Å². The molecular formula is C9H16ClN5O7S2. The number of hydrogen-bond acceptors (Lipinski definition) is 7. The molecule has 2 fully saturated rings. The average molecular weight is 406 g/mol. The van der Waals surface area contributed by atoms with Gasteiger partial charge in [-0.3, -0.25) is 14.7 Å². The van der Waals surface area contributed by atoms with Gasteiger partial charge in [0.15, 0.2) is 0 Å². The van der Waals surface area contributed by atoms with E-state index >= 15 is 0 Å². The Morgan fingerprint density at radius 3 is 2.62 bits per heavy atom. The third kappa shape index (κ3) is 4.46. The Bertz CT molecular complexity index is 727.